The molecule has 2 N–H and O–H groups in total. The van der Waals surface area contributed by atoms with Crippen LogP contribution in [0.25, 0.3) is 0 Å². The average molecular weight is 306 g/mol. The molecule has 1 aliphatic heterocycles. The molecule has 2 fully saturated rings. The number of aliphatic hydroxyl groups excluding tert-OH is 1. The zero-order valence-corrected chi connectivity index (χ0v) is 12.5. The predicted molar refractivity (Wildman–Crippen MR) is 78.8 cm³/mol. The van der Waals surface area contributed by atoms with Crippen LogP contribution >= 0.6 is 0 Å². The Morgan fingerprint density at radius 1 is 1.45 bits per heavy atom. The second kappa shape index (κ2) is 6.52. The van der Waals surface area contributed by atoms with Crippen LogP contribution in [0.2, 0.25) is 0 Å². The van der Waals surface area contributed by atoms with Gasteiger partial charge in [0.25, 0.3) is 0 Å². The number of carbonyl (C=O) groups excluding carboxylic acids is 2. The van der Waals surface area contributed by atoms with Crippen molar-refractivity contribution < 1.29 is 19.1 Å². The van der Waals surface area contributed by atoms with E-state index in [1.165, 1.54) is 19.1 Å². The van der Waals surface area contributed by atoms with Gasteiger partial charge in [-0.25, -0.2) is 0 Å². The first-order valence-corrected chi connectivity index (χ1v) is 7.94. The van der Waals surface area contributed by atoms with Crippen LogP contribution in [0.4, 0.5) is 0 Å². The molecule has 0 spiro atoms. The van der Waals surface area contributed by atoms with Crippen LogP contribution in [0.3, 0.4) is 0 Å². The van der Waals surface area contributed by atoms with Gasteiger partial charge in [-0.2, -0.15) is 0 Å². The van der Waals surface area contributed by atoms with Gasteiger partial charge in [-0.1, -0.05) is 12.8 Å². The molecule has 1 aliphatic carbocycles. The summed E-state index contributed by atoms with van der Waals surface area (Å²) >= 11 is 0. The van der Waals surface area contributed by atoms with Crippen LogP contribution in [0.15, 0.2) is 22.8 Å². The van der Waals surface area contributed by atoms with E-state index in [1.54, 1.807) is 12.1 Å². The number of carbonyl (C=O) groups is 2. The SMILES string of the molecule is O=C(NCC(O)c1ccco1)C1CC(=O)N(C2CCCC2)C1. The van der Waals surface area contributed by atoms with Crippen LogP contribution in [-0.4, -0.2) is 41.0 Å². The van der Waals surface area contributed by atoms with Crippen LogP contribution in [0, 0.1) is 5.92 Å². The molecule has 120 valence electrons. The molecule has 1 aromatic rings. The fourth-order valence-electron chi connectivity index (χ4n) is 3.40. The average Bonchev–Trinajstić information content (AvgIpc) is 3.24. The lowest BCUT2D eigenvalue weighted by molar-refractivity contribution is -0.130. The lowest BCUT2D eigenvalue weighted by Crippen LogP contribution is -2.37. The van der Waals surface area contributed by atoms with Crippen molar-refractivity contribution >= 4 is 11.8 Å². The first kappa shape index (κ1) is 15.1. The van der Waals surface area contributed by atoms with E-state index in [0.29, 0.717) is 18.3 Å². The van der Waals surface area contributed by atoms with E-state index in [4.69, 9.17) is 4.42 Å². The molecule has 1 aromatic heterocycles. The molecule has 0 radical (unpaired) electrons. The Morgan fingerprint density at radius 3 is 2.91 bits per heavy atom. The smallest absolute Gasteiger partial charge is 0.225 e. The molecule has 22 heavy (non-hydrogen) atoms. The van der Waals surface area contributed by atoms with Crippen LogP contribution in [0.1, 0.15) is 44.0 Å². The topological polar surface area (TPSA) is 82.8 Å². The first-order chi connectivity index (χ1) is 10.6. The highest BCUT2D eigenvalue weighted by Gasteiger charge is 2.38. The molecule has 2 unspecified atom stereocenters. The maximum absolute atomic E-state index is 12.2. The van der Waals surface area contributed by atoms with E-state index in [0.717, 1.165) is 12.8 Å². The summed E-state index contributed by atoms with van der Waals surface area (Å²) in [6.07, 6.45) is 5.34. The number of nitrogens with one attached hydrogen (secondary N) is 1. The van der Waals surface area contributed by atoms with E-state index < -0.39 is 6.10 Å². The summed E-state index contributed by atoms with van der Waals surface area (Å²) in [6, 6.07) is 3.67. The minimum Gasteiger partial charge on any atom is -0.467 e. The fourth-order valence-corrected chi connectivity index (χ4v) is 3.40. The quantitative estimate of drug-likeness (QED) is 0.857. The van der Waals surface area contributed by atoms with Gasteiger partial charge in [0.2, 0.25) is 11.8 Å². The molecular formula is C16H22N2O4. The number of likely N-dealkylation sites (tertiary alicyclic amines) is 1. The van der Waals surface area contributed by atoms with Crippen molar-refractivity contribution in [3.63, 3.8) is 0 Å². The molecule has 2 aliphatic rings. The summed E-state index contributed by atoms with van der Waals surface area (Å²) in [6.45, 7) is 0.604. The van der Waals surface area contributed by atoms with Crippen molar-refractivity contribution in [2.24, 2.45) is 5.92 Å². The molecule has 1 saturated carbocycles. The molecule has 2 amide bonds. The Kier molecular flexibility index (Phi) is 4.47. The van der Waals surface area contributed by atoms with Crippen molar-refractivity contribution in [2.45, 2.75) is 44.2 Å². The standard InChI is InChI=1S/C16H22N2O4/c19-13(14-6-3-7-22-14)9-17-16(21)11-8-15(20)18(10-11)12-4-1-2-5-12/h3,6-7,11-13,19H,1-2,4-5,8-10H2,(H,17,21). The number of rotatable bonds is 5. The van der Waals surface area contributed by atoms with Crippen molar-refractivity contribution in [1.29, 1.82) is 0 Å². The Morgan fingerprint density at radius 2 is 2.23 bits per heavy atom. The fraction of sp³-hybridized carbons (Fsp3) is 0.625. The second-order valence-corrected chi connectivity index (χ2v) is 6.16. The number of hydrogen-bond donors (Lipinski definition) is 2. The van der Waals surface area contributed by atoms with Gasteiger partial charge in [0.15, 0.2) is 0 Å². The summed E-state index contributed by atoms with van der Waals surface area (Å²) in [5, 5.41) is 12.6. The summed E-state index contributed by atoms with van der Waals surface area (Å²) < 4.78 is 5.09. The van der Waals surface area contributed by atoms with Crippen LogP contribution < -0.4 is 5.32 Å². The summed E-state index contributed by atoms with van der Waals surface area (Å²) in [5.41, 5.74) is 0. The number of nitrogens with zero attached hydrogens (tertiary/aromatic N) is 1. The molecule has 0 bridgehead atoms. The maximum Gasteiger partial charge on any atom is 0.225 e. The van der Waals surface area contributed by atoms with Crippen LogP contribution in [0.5, 0.6) is 0 Å². The van der Waals surface area contributed by atoms with Gasteiger partial charge in [-0.3, -0.25) is 9.59 Å². The van der Waals surface area contributed by atoms with Gasteiger partial charge in [0.05, 0.1) is 18.7 Å². The van der Waals surface area contributed by atoms with Gasteiger partial charge >= 0.3 is 0 Å². The highest BCUT2D eigenvalue weighted by Crippen LogP contribution is 2.29. The van der Waals surface area contributed by atoms with E-state index in [9.17, 15) is 14.7 Å². The minimum absolute atomic E-state index is 0.0821. The Bertz CT molecular complexity index is 522. The minimum atomic E-state index is -0.859. The lowest BCUT2D eigenvalue weighted by atomic mass is 10.1. The normalized spacial score (nSPS) is 24.0. The van der Waals surface area contributed by atoms with Crippen molar-refractivity contribution in [2.75, 3.05) is 13.1 Å². The van der Waals surface area contributed by atoms with Crippen molar-refractivity contribution in [3.05, 3.63) is 24.2 Å². The summed E-state index contributed by atoms with van der Waals surface area (Å²) in [4.78, 5) is 26.2. The second-order valence-electron chi connectivity index (χ2n) is 6.16. The highest BCUT2D eigenvalue weighted by molar-refractivity contribution is 5.89. The van der Waals surface area contributed by atoms with Crippen molar-refractivity contribution in [1.82, 2.24) is 10.2 Å². The van der Waals surface area contributed by atoms with Crippen LogP contribution in [-0.2, 0) is 9.59 Å². The third kappa shape index (κ3) is 3.16. The first-order valence-electron chi connectivity index (χ1n) is 7.94. The molecule has 6 nitrogen and oxygen atoms in total. The molecule has 3 rings (SSSR count). The maximum atomic E-state index is 12.2. The van der Waals surface area contributed by atoms with E-state index in [1.807, 2.05) is 4.90 Å². The van der Waals surface area contributed by atoms with Gasteiger partial charge in [0.1, 0.15) is 11.9 Å². The highest BCUT2D eigenvalue weighted by atomic mass is 16.4. The van der Waals surface area contributed by atoms with Gasteiger partial charge < -0.3 is 19.7 Å². The third-order valence-corrected chi connectivity index (χ3v) is 4.64. The van der Waals surface area contributed by atoms with E-state index in [2.05, 4.69) is 5.32 Å². The van der Waals surface area contributed by atoms with Gasteiger partial charge in [-0.15, -0.1) is 0 Å². The van der Waals surface area contributed by atoms with Crippen molar-refractivity contribution in [3.8, 4) is 0 Å². The summed E-state index contributed by atoms with van der Waals surface area (Å²) in [7, 11) is 0. The molecule has 2 atom stereocenters. The monoisotopic (exact) mass is 306 g/mol. The largest absolute Gasteiger partial charge is 0.467 e. The lowest BCUT2D eigenvalue weighted by Gasteiger charge is -2.24. The molecule has 6 heteroatoms. The molecule has 0 aromatic carbocycles. The Labute approximate surface area is 129 Å². The van der Waals surface area contributed by atoms with Gasteiger partial charge in [-0.05, 0) is 25.0 Å². The predicted octanol–water partition coefficient (Wildman–Crippen LogP) is 1.22. The zero-order valence-electron chi connectivity index (χ0n) is 12.5. The number of amides is 2. The number of aliphatic hydroxyl groups is 1. The number of hydrogen-bond acceptors (Lipinski definition) is 4. The Hall–Kier alpha value is -1.82. The summed E-state index contributed by atoms with van der Waals surface area (Å²) in [5.74, 6) is 0.0327. The third-order valence-electron chi connectivity index (χ3n) is 4.64. The molecule has 1 saturated heterocycles. The van der Waals surface area contributed by atoms with Gasteiger partial charge in [0, 0.05) is 19.0 Å². The zero-order chi connectivity index (χ0) is 15.5. The number of furan rings is 1. The van der Waals surface area contributed by atoms with E-state index >= 15 is 0 Å². The van der Waals surface area contributed by atoms with E-state index in [-0.39, 0.29) is 30.7 Å². The molecule has 2 heterocycles. The Balaban J connectivity index is 1.49. The molecular weight excluding hydrogens is 284 g/mol.